The highest BCUT2D eigenvalue weighted by molar-refractivity contribution is 6.04. The molecule has 3 amide bonds. The number of nitrogens with zero attached hydrogens (tertiary/aromatic N) is 5. The monoisotopic (exact) mass is 675 g/mol. The molecule has 2 aliphatic heterocycles. The lowest BCUT2D eigenvalue weighted by atomic mass is 9.72. The molecule has 3 aromatic carbocycles. The van der Waals surface area contributed by atoms with Crippen molar-refractivity contribution >= 4 is 29.1 Å². The molecule has 50 heavy (non-hydrogen) atoms. The molecule has 260 valence electrons. The zero-order valence-electron chi connectivity index (χ0n) is 29.0. The average Bonchev–Trinajstić information content (AvgIpc) is 3.55. The van der Waals surface area contributed by atoms with E-state index in [9.17, 15) is 14.4 Å². The van der Waals surface area contributed by atoms with Crippen molar-refractivity contribution < 1.29 is 19.1 Å². The number of aromatic nitrogens is 2. The summed E-state index contributed by atoms with van der Waals surface area (Å²) in [5, 5.41) is 6.01. The quantitative estimate of drug-likeness (QED) is 0.260. The summed E-state index contributed by atoms with van der Waals surface area (Å²) >= 11 is 0. The average molecular weight is 676 g/mol. The molecule has 3 aliphatic rings. The zero-order valence-corrected chi connectivity index (χ0v) is 29.0. The summed E-state index contributed by atoms with van der Waals surface area (Å²) < 4.78 is 7.63. The van der Waals surface area contributed by atoms with Gasteiger partial charge < -0.3 is 29.7 Å². The second kappa shape index (κ2) is 14.1. The molecule has 7 rings (SSSR count). The second-order valence-electron chi connectivity index (χ2n) is 13.8. The Bertz CT molecular complexity index is 1850. The lowest BCUT2D eigenvalue weighted by Crippen LogP contribution is -2.56. The minimum Gasteiger partial charge on any atom is -0.377 e. The molecule has 1 saturated heterocycles. The van der Waals surface area contributed by atoms with Crippen LogP contribution < -0.4 is 15.5 Å². The molecule has 1 aliphatic carbocycles. The number of hydrogen-bond donors (Lipinski definition) is 2. The molecule has 11 heteroatoms. The van der Waals surface area contributed by atoms with Crippen molar-refractivity contribution in [2.75, 3.05) is 50.6 Å². The summed E-state index contributed by atoms with van der Waals surface area (Å²) in [7, 11) is 3.52. The molecule has 4 aromatic rings. The van der Waals surface area contributed by atoms with Crippen LogP contribution in [0.2, 0.25) is 0 Å². The maximum absolute atomic E-state index is 13.4. The van der Waals surface area contributed by atoms with E-state index in [-0.39, 0.29) is 23.3 Å². The van der Waals surface area contributed by atoms with Gasteiger partial charge in [-0.2, -0.15) is 0 Å². The minimum atomic E-state index is -0.201. The number of fused-ring (bicyclic) bond motifs is 2. The fraction of sp³-hybridized carbons (Fsp3) is 0.385. The van der Waals surface area contributed by atoms with E-state index in [4.69, 9.17) is 4.74 Å². The van der Waals surface area contributed by atoms with Crippen molar-refractivity contribution in [3.63, 3.8) is 0 Å². The largest absolute Gasteiger partial charge is 0.377 e. The molecule has 3 heterocycles. The van der Waals surface area contributed by atoms with Gasteiger partial charge in [-0.1, -0.05) is 24.3 Å². The van der Waals surface area contributed by atoms with Gasteiger partial charge in [0, 0.05) is 75.4 Å². The van der Waals surface area contributed by atoms with Gasteiger partial charge in [-0.25, -0.2) is 4.98 Å². The number of hydrogen-bond acceptors (Lipinski definition) is 7. The number of rotatable bonds is 9. The maximum atomic E-state index is 13.4. The summed E-state index contributed by atoms with van der Waals surface area (Å²) in [6.07, 6.45) is 5.07. The highest BCUT2D eigenvalue weighted by Crippen LogP contribution is 2.49. The summed E-state index contributed by atoms with van der Waals surface area (Å²) in [6, 6.07) is 23.4. The van der Waals surface area contributed by atoms with Gasteiger partial charge in [0.25, 0.3) is 17.7 Å². The molecule has 1 atom stereocenters. The Morgan fingerprint density at radius 2 is 1.58 bits per heavy atom. The molecule has 11 nitrogen and oxygen atoms in total. The van der Waals surface area contributed by atoms with Crippen molar-refractivity contribution in [2.24, 2.45) is 0 Å². The Morgan fingerprint density at radius 1 is 0.880 bits per heavy atom. The predicted octanol–water partition coefficient (Wildman–Crippen LogP) is 4.89. The van der Waals surface area contributed by atoms with Crippen molar-refractivity contribution in [3.05, 3.63) is 113 Å². The molecule has 1 aromatic heterocycles. The topological polar surface area (TPSA) is 112 Å². The molecule has 2 N–H and O–H groups in total. The number of anilines is 2. The highest BCUT2D eigenvalue weighted by atomic mass is 16.5. The van der Waals surface area contributed by atoms with Crippen molar-refractivity contribution in [1.82, 2.24) is 24.7 Å². The smallest absolute Gasteiger partial charge is 0.287 e. The Balaban J connectivity index is 0.940. The van der Waals surface area contributed by atoms with Crippen LogP contribution in [-0.2, 0) is 29.9 Å². The standard InChI is InChI=1S/C39H45N7O4/c1-27-26-50-22-21-45(27)33-15-11-30(12-16-33)36(47)42-32-13-7-28(8-14-32)23-41-37(48)35-40-24-34-39(17-4-18-39)44(19-20-46(34)35)25-29-5-9-31(10-6-29)38(49)43(2)3/h5-16,24,27H,4,17-23,25-26H2,1-3H3,(H,41,48)(H,42,47)/t27-/m1/s1. The Kier molecular flexibility index (Phi) is 9.44. The van der Waals surface area contributed by atoms with Gasteiger partial charge in [-0.15, -0.1) is 0 Å². The lowest BCUT2D eigenvalue weighted by molar-refractivity contribution is -0.0217. The summed E-state index contributed by atoms with van der Waals surface area (Å²) in [5.74, 6) is 0.0642. The normalized spacial score (nSPS) is 18.2. The van der Waals surface area contributed by atoms with E-state index in [1.54, 1.807) is 19.0 Å². The van der Waals surface area contributed by atoms with Gasteiger partial charge in [0.2, 0.25) is 0 Å². The van der Waals surface area contributed by atoms with E-state index in [0.717, 1.165) is 61.4 Å². The maximum Gasteiger partial charge on any atom is 0.287 e. The number of carbonyl (C=O) groups is 3. The number of carbonyl (C=O) groups excluding carboxylic acids is 3. The van der Waals surface area contributed by atoms with Crippen LogP contribution in [0.15, 0.2) is 79.0 Å². The van der Waals surface area contributed by atoms with Gasteiger partial charge in [0.05, 0.1) is 30.6 Å². The van der Waals surface area contributed by atoms with Crippen LogP contribution in [0.1, 0.15) is 74.3 Å². The van der Waals surface area contributed by atoms with E-state index in [1.165, 1.54) is 0 Å². The van der Waals surface area contributed by atoms with E-state index in [0.29, 0.717) is 55.0 Å². The van der Waals surface area contributed by atoms with Crippen LogP contribution >= 0.6 is 0 Å². The van der Waals surface area contributed by atoms with E-state index in [1.807, 2.05) is 79.0 Å². The number of benzene rings is 3. The van der Waals surface area contributed by atoms with Gasteiger partial charge in [-0.3, -0.25) is 19.3 Å². The summed E-state index contributed by atoms with van der Waals surface area (Å²) in [4.78, 5) is 49.6. The molecule has 1 spiro atoms. The Hall–Kier alpha value is -5.00. The van der Waals surface area contributed by atoms with Gasteiger partial charge in [-0.05, 0) is 85.8 Å². The zero-order chi connectivity index (χ0) is 34.8. The van der Waals surface area contributed by atoms with Crippen LogP contribution in [0, 0.1) is 0 Å². The van der Waals surface area contributed by atoms with Crippen LogP contribution in [0.5, 0.6) is 0 Å². The Labute approximate surface area is 293 Å². The molecule has 1 saturated carbocycles. The molecule has 2 fully saturated rings. The van der Waals surface area contributed by atoms with Crippen LogP contribution in [0.3, 0.4) is 0 Å². The third-order valence-electron chi connectivity index (χ3n) is 10.4. The number of morpholine rings is 1. The van der Waals surface area contributed by atoms with E-state index in [2.05, 4.69) is 36.9 Å². The highest BCUT2D eigenvalue weighted by Gasteiger charge is 2.49. The number of imidazole rings is 1. The van der Waals surface area contributed by atoms with Crippen molar-refractivity contribution in [1.29, 1.82) is 0 Å². The molecule has 0 bridgehead atoms. The van der Waals surface area contributed by atoms with Crippen molar-refractivity contribution in [3.8, 4) is 0 Å². The first-order valence-electron chi connectivity index (χ1n) is 17.5. The molecule has 0 radical (unpaired) electrons. The first-order valence-corrected chi connectivity index (χ1v) is 17.5. The van der Waals surface area contributed by atoms with Gasteiger partial charge in [0.1, 0.15) is 0 Å². The van der Waals surface area contributed by atoms with Crippen LogP contribution in [0.25, 0.3) is 0 Å². The fourth-order valence-corrected chi connectivity index (χ4v) is 7.38. The first-order chi connectivity index (χ1) is 24.2. The van der Waals surface area contributed by atoms with Gasteiger partial charge >= 0.3 is 0 Å². The third kappa shape index (κ3) is 6.63. The van der Waals surface area contributed by atoms with Gasteiger partial charge in [0.15, 0.2) is 5.82 Å². The number of nitrogens with one attached hydrogen (secondary N) is 2. The predicted molar refractivity (Wildman–Crippen MR) is 192 cm³/mol. The van der Waals surface area contributed by atoms with E-state index < -0.39 is 0 Å². The molecule has 0 unspecified atom stereocenters. The Morgan fingerprint density at radius 3 is 2.24 bits per heavy atom. The number of amides is 3. The van der Waals surface area contributed by atoms with Crippen LogP contribution in [0.4, 0.5) is 11.4 Å². The SMILES string of the molecule is C[C@@H]1COCCN1c1ccc(C(=O)Nc2ccc(CNC(=O)c3ncc4n3CCN(Cc3ccc(C(=O)N(C)C)cc3)C43CCC3)cc2)cc1. The second-order valence-corrected chi connectivity index (χ2v) is 13.8. The molecular formula is C39H45N7O4. The summed E-state index contributed by atoms with van der Waals surface area (Å²) in [5.41, 5.74) is 6.10. The number of ether oxygens (including phenoxy) is 1. The third-order valence-corrected chi connectivity index (χ3v) is 10.4. The lowest BCUT2D eigenvalue weighted by Gasteiger charge is -2.53. The first kappa shape index (κ1) is 33.5. The minimum absolute atomic E-state index is 0.00244. The van der Waals surface area contributed by atoms with E-state index >= 15 is 0 Å². The van der Waals surface area contributed by atoms with Crippen molar-refractivity contribution in [2.45, 2.75) is 57.4 Å². The summed E-state index contributed by atoms with van der Waals surface area (Å²) in [6.45, 7) is 7.00. The molecular weight excluding hydrogens is 630 g/mol. The fourth-order valence-electron chi connectivity index (χ4n) is 7.38. The van der Waals surface area contributed by atoms with Crippen LogP contribution in [-0.4, -0.2) is 83.5 Å².